The molecule has 2 nitrogen and oxygen atoms in total. The van der Waals surface area contributed by atoms with Gasteiger partial charge in [0.1, 0.15) is 6.33 Å². The molecule has 0 aromatic carbocycles. The highest BCUT2D eigenvalue weighted by atomic mass is 79.9. The van der Waals surface area contributed by atoms with Crippen LogP contribution in [-0.4, -0.2) is 9.97 Å². The van der Waals surface area contributed by atoms with E-state index in [0.717, 1.165) is 12.5 Å². The molecule has 0 saturated heterocycles. The maximum Gasteiger partial charge on any atom is 0.434 e. The Morgan fingerprint density at radius 2 is 2.00 bits per heavy atom. The minimum Gasteiger partial charge on any atom is -0.244 e. The van der Waals surface area contributed by atoms with Crippen molar-refractivity contribution in [3.63, 3.8) is 0 Å². The van der Waals surface area contributed by atoms with E-state index in [0.29, 0.717) is 0 Å². The molecule has 1 rings (SSSR count). The van der Waals surface area contributed by atoms with Crippen LogP contribution in [0.1, 0.15) is 5.69 Å². The zero-order valence-corrected chi connectivity index (χ0v) is 6.65. The first-order valence-corrected chi connectivity index (χ1v) is 3.34. The monoisotopic (exact) mass is 226 g/mol. The molecule has 1 aromatic heterocycles. The smallest absolute Gasteiger partial charge is 0.244 e. The van der Waals surface area contributed by atoms with Gasteiger partial charge in [0.05, 0.1) is 4.47 Å². The van der Waals surface area contributed by atoms with Gasteiger partial charge in [0.2, 0.25) is 0 Å². The first-order chi connectivity index (χ1) is 5.02. The lowest BCUT2D eigenvalue weighted by Gasteiger charge is -2.05. The van der Waals surface area contributed by atoms with Gasteiger partial charge in [-0.2, -0.15) is 13.2 Å². The molecular formula is C5H2BrF3N2. The van der Waals surface area contributed by atoms with Crippen molar-refractivity contribution >= 4 is 15.9 Å². The Labute approximate surface area is 68.6 Å². The number of halogens is 4. The van der Waals surface area contributed by atoms with Crippen molar-refractivity contribution in [1.29, 1.82) is 0 Å². The zero-order valence-electron chi connectivity index (χ0n) is 5.06. The van der Waals surface area contributed by atoms with Crippen LogP contribution in [-0.2, 0) is 6.18 Å². The average molecular weight is 227 g/mol. The molecule has 0 saturated carbocycles. The van der Waals surface area contributed by atoms with E-state index in [1.54, 1.807) is 0 Å². The molecule has 11 heavy (non-hydrogen) atoms. The van der Waals surface area contributed by atoms with Crippen molar-refractivity contribution < 1.29 is 13.2 Å². The molecule has 0 aliphatic carbocycles. The quantitative estimate of drug-likeness (QED) is 0.679. The van der Waals surface area contributed by atoms with Crippen LogP contribution in [0.3, 0.4) is 0 Å². The van der Waals surface area contributed by atoms with Gasteiger partial charge in [-0.05, 0) is 15.9 Å². The summed E-state index contributed by atoms with van der Waals surface area (Å²) in [6, 6.07) is 0. The van der Waals surface area contributed by atoms with Gasteiger partial charge in [0.25, 0.3) is 0 Å². The number of nitrogens with zero attached hydrogens (tertiary/aromatic N) is 2. The second kappa shape index (κ2) is 2.77. The lowest BCUT2D eigenvalue weighted by Crippen LogP contribution is -2.08. The highest BCUT2D eigenvalue weighted by molar-refractivity contribution is 9.10. The maximum atomic E-state index is 11.9. The predicted molar refractivity (Wildman–Crippen MR) is 34.7 cm³/mol. The Morgan fingerprint density at radius 1 is 1.36 bits per heavy atom. The van der Waals surface area contributed by atoms with Crippen molar-refractivity contribution in [2.75, 3.05) is 0 Å². The van der Waals surface area contributed by atoms with E-state index in [4.69, 9.17) is 0 Å². The Balaban J connectivity index is 3.14. The summed E-state index contributed by atoms with van der Waals surface area (Å²) in [5, 5.41) is 0. The minimum atomic E-state index is -4.41. The van der Waals surface area contributed by atoms with E-state index in [2.05, 4.69) is 25.9 Å². The second-order valence-electron chi connectivity index (χ2n) is 1.72. The van der Waals surface area contributed by atoms with Gasteiger partial charge in [0.15, 0.2) is 5.69 Å². The molecule has 6 heteroatoms. The SMILES string of the molecule is FC(F)(F)c1ncncc1Br. The fraction of sp³-hybridized carbons (Fsp3) is 0.200. The predicted octanol–water partition coefficient (Wildman–Crippen LogP) is 2.26. The minimum absolute atomic E-state index is 0.146. The Kier molecular flexibility index (Phi) is 2.12. The highest BCUT2D eigenvalue weighted by Crippen LogP contribution is 2.31. The Morgan fingerprint density at radius 3 is 2.36 bits per heavy atom. The Hall–Kier alpha value is -0.650. The number of aromatic nitrogens is 2. The fourth-order valence-corrected chi connectivity index (χ4v) is 0.967. The highest BCUT2D eigenvalue weighted by Gasteiger charge is 2.34. The van der Waals surface area contributed by atoms with Crippen LogP contribution in [0, 0.1) is 0 Å². The van der Waals surface area contributed by atoms with E-state index < -0.39 is 11.9 Å². The van der Waals surface area contributed by atoms with Gasteiger partial charge in [-0.1, -0.05) is 0 Å². The molecule has 0 amide bonds. The third-order valence-corrected chi connectivity index (χ3v) is 1.52. The van der Waals surface area contributed by atoms with Gasteiger partial charge in [-0.3, -0.25) is 0 Å². The molecule has 0 aliphatic heterocycles. The van der Waals surface area contributed by atoms with Crippen LogP contribution >= 0.6 is 15.9 Å². The Bertz CT molecular complexity index is 260. The van der Waals surface area contributed by atoms with Crippen molar-refractivity contribution in [2.24, 2.45) is 0 Å². The summed E-state index contributed by atoms with van der Waals surface area (Å²) in [5.74, 6) is 0. The van der Waals surface area contributed by atoms with E-state index in [1.807, 2.05) is 0 Å². The van der Waals surface area contributed by atoms with Crippen LogP contribution in [0.5, 0.6) is 0 Å². The van der Waals surface area contributed by atoms with Crippen LogP contribution in [0.4, 0.5) is 13.2 Å². The van der Waals surface area contributed by atoms with Crippen molar-refractivity contribution in [2.45, 2.75) is 6.18 Å². The fourth-order valence-electron chi connectivity index (χ4n) is 0.521. The average Bonchev–Trinajstić information content (AvgIpc) is 1.86. The van der Waals surface area contributed by atoms with Gasteiger partial charge in [0, 0.05) is 6.20 Å². The zero-order chi connectivity index (χ0) is 8.48. The standard InChI is InChI=1S/C5H2BrF3N2/c6-3-1-10-2-11-4(3)5(7,8)9/h1-2H. The third kappa shape index (κ3) is 1.89. The van der Waals surface area contributed by atoms with Crippen LogP contribution in [0.15, 0.2) is 17.0 Å². The molecule has 0 aliphatic rings. The molecule has 1 aromatic rings. The van der Waals surface area contributed by atoms with Crippen molar-refractivity contribution in [3.8, 4) is 0 Å². The number of rotatable bonds is 0. The first-order valence-electron chi connectivity index (χ1n) is 2.54. The molecule has 0 N–H and O–H groups in total. The van der Waals surface area contributed by atoms with Gasteiger partial charge in [-0.15, -0.1) is 0 Å². The summed E-state index contributed by atoms with van der Waals surface area (Å²) < 4.78 is 35.6. The summed E-state index contributed by atoms with van der Waals surface area (Å²) in [5.41, 5.74) is -0.951. The summed E-state index contributed by atoms with van der Waals surface area (Å²) in [7, 11) is 0. The molecule has 0 radical (unpaired) electrons. The molecule has 0 unspecified atom stereocenters. The molecule has 0 bridgehead atoms. The maximum absolute atomic E-state index is 11.9. The number of alkyl halides is 3. The molecule has 1 heterocycles. The van der Waals surface area contributed by atoms with Crippen molar-refractivity contribution in [3.05, 3.63) is 22.7 Å². The largest absolute Gasteiger partial charge is 0.434 e. The van der Waals surface area contributed by atoms with E-state index in [1.165, 1.54) is 0 Å². The lowest BCUT2D eigenvalue weighted by atomic mass is 10.4. The van der Waals surface area contributed by atoms with Gasteiger partial charge < -0.3 is 0 Å². The number of hydrogen-bond donors (Lipinski definition) is 0. The lowest BCUT2D eigenvalue weighted by molar-refractivity contribution is -0.141. The number of hydrogen-bond acceptors (Lipinski definition) is 2. The van der Waals surface area contributed by atoms with Gasteiger partial charge >= 0.3 is 6.18 Å². The third-order valence-electron chi connectivity index (χ3n) is 0.936. The normalized spacial score (nSPS) is 11.6. The molecular weight excluding hydrogens is 225 g/mol. The summed E-state index contributed by atoms with van der Waals surface area (Å²) in [4.78, 5) is 6.47. The van der Waals surface area contributed by atoms with Crippen LogP contribution in [0.25, 0.3) is 0 Å². The van der Waals surface area contributed by atoms with Crippen LogP contribution < -0.4 is 0 Å². The van der Waals surface area contributed by atoms with E-state index in [9.17, 15) is 13.2 Å². The summed E-state index contributed by atoms with van der Waals surface area (Å²) in [6.07, 6.45) is -2.51. The van der Waals surface area contributed by atoms with Crippen molar-refractivity contribution in [1.82, 2.24) is 9.97 Å². The second-order valence-corrected chi connectivity index (χ2v) is 2.57. The molecule has 0 fully saturated rings. The molecule has 0 atom stereocenters. The van der Waals surface area contributed by atoms with E-state index >= 15 is 0 Å². The summed E-state index contributed by atoms with van der Waals surface area (Å²) in [6.45, 7) is 0. The van der Waals surface area contributed by atoms with Crippen LogP contribution in [0.2, 0.25) is 0 Å². The molecule has 0 spiro atoms. The first kappa shape index (κ1) is 8.45. The summed E-state index contributed by atoms with van der Waals surface area (Å²) >= 11 is 2.69. The van der Waals surface area contributed by atoms with Gasteiger partial charge in [-0.25, -0.2) is 9.97 Å². The van der Waals surface area contributed by atoms with E-state index in [-0.39, 0.29) is 4.47 Å². The molecule has 60 valence electrons. The topological polar surface area (TPSA) is 25.8 Å².